The molecule has 0 heterocycles. The summed E-state index contributed by atoms with van der Waals surface area (Å²) in [5.74, 6) is 0. The molecule has 2 unspecified atom stereocenters. The Morgan fingerprint density at radius 1 is 1.31 bits per heavy atom. The molecule has 0 amide bonds. The highest BCUT2D eigenvalue weighted by Crippen LogP contribution is 2.41. The Labute approximate surface area is 85.7 Å². The molecule has 1 aliphatic carbocycles. The van der Waals surface area contributed by atoms with Gasteiger partial charge in [-0.25, -0.2) is 0 Å². The van der Waals surface area contributed by atoms with Gasteiger partial charge in [0.25, 0.3) is 0 Å². The van der Waals surface area contributed by atoms with Gasteiger partial charge in [-0.2, -0.15) is 0 Å². The van der Waals surface area contributed by atoms with Crippen LogP contribution in [0.15, 0.2) is 30.3 Å². The molecule has 2 atom stereocenters. The van der Waals surface area contributed by atoms with Crippen LogP contribution in [0.25, 0.3) is 0 Å². The first-order valence-corrected chi connectivity index (χ1v) is 4.54. The quantitative estimate of drug-likeness (QED) is 0.736. The summed E-state index contributed by atoms with van der Waals surface area (Å²) in [5, 5.41) is 0. The van der Waals surface area contributed by atoms with Gasteiger partial charge >= 0.3 is 0 Å². The average Bonchev–Trinajstić information content (AvgIpc) is 2.16. The van der Waals surface area contributed by atoms with E-state index < -0.39 is 0 Å². The Balaban J connectivity index is 0.000000845. The van der Waals surface area contributed by atoms with E-state index in [4.69, 9.17) is 5.73 Å². The van der Waals surface area contributed by atoms with Crippen LogP contribution in [-0.4, -0.2) is 6.04 Å². The molecule has 13 heavy (non-hydrogen) atoms. The largest absolute Gasteiger partial charge is 0.327 e. The number of hydrogen-bond donors (Lipinski definition) is 1. The summed E-state index contributed by atoms with van der Waals surface area (Å²) in [4.78, 5) is 0. The third-order valence-electron chi connectivity index (χ3n) is 3.23. The maximum Gasteiger partial charge on any atom is 0.0134 e. The van der Waals surface area contributed by atoms with E-state index in [2.05, 4.69) is 37.3 Å². The highest BCUT2D eigenvalue weighted by molar-refractivity contribution is 5.85. The summed E-state index contributed by atoms with van der Waals surface area (Å²) in [6.45, 7) is 2.26. The van der Waals surface area contributed by atoms with Crippen LogP contribution in [0, 0.1) is 0 Å². The van der Waals surface area contributed by atoms with Crippen molar-refractivity contribution in [1.82, 2.24) is 0 Å². The summed E-state index contributed by atoms with van der Waals surface area (Å²) in [7, 11) is 0. The Morgan fingerprint density at radius 2 is 1.92 bits per heavy atom. The van der Waals surface area contributed by atoms with Crippen molar-refractivity contribution >= 4 is 12.4 Å². The zero-order chi connectivity index (χ0) is 8.60. The summed E-state index contributed by atoms with van der Waals surface area (Å²) >= 11 is 0. The van der Waals surface area contributed by atoms with E-state index in [0.29, 0.717) is 6.04 Å². The number of hydrogen-bond acceptors (Lipinski definition) is 1. The zero-order valence-corrected chi connectivity index (χ0v) is 8.68. The predicted molar refractivity (Wildman–Crippen MR) is 58.3 cm³/mol. The van der Waals surface area contributed by atoms with Gasteiger partial charge in [-0.05, 0) is 18.4 Å². The number of nitrogens with two attached hydrogens (primary N) is 1. The molecule has 2 N–H and O–H groups in total. The number of halogens is 1. The molecule has 0 aliphatic heterocycles. The zero-order valence-electron chi connectivity index (χ0n) is 7.86. The van der Waals surface area contributed by atoms with E-state index in [1.165, 1.54) is 18.4 Å². The molecule has 0 spiro atoms. The maximum atomic E-state index is 5.99. The van der Waals surface area contributed by atoms with Crippen LogP contribution in [0.5, 0.6) is 0 Å². The molecule has 0 saturated heterocycles. The van der Waals surface area contributed by atoms with Gasteiger partial charge in [-0.1, -0.05) is 37.3 Å². The first-order chi connectivity index (χ1) is 5.73. The molecule has 1 aliphatic rings. The second-order valence-corrected chi connectivity index (χ2v) is 3.93. The minimum absolute atomic E-state index is 0. The third kappa shape index (κ3) is 1.59. The average molecular weight is 198 g/mol. The summed E-state index contributed by atoms with van der Waals surface area (Å²) < 4.78 is 0. The molecule has 2 rings (SSSR count). The van der Waals surface area contributed by atoms with Gasteiger partial charge in [0.15, 0.2) is 0 Å². The fraction of sp³-hybridized carbons (Fsp3) is 0.455. The minimum atomic E-state index is 0. The van der Waals surface area contributed by atoms with Crippen molar-refractivity contribution in [3.8, 4) is 0 Å². The standard InChI is InChI=1S/C11H15N.ClH/c1-11(8-7-10(11)12)9-5-3-2-4-6-9;/h2-6,10H,7-8,12H2,1H3;1H. The van der Waals surface area contributed by atoms with Crippen molar-refractivity contribution in [1.29, 1.82) is 0 Å². The normalized spacial score (nSPS) is 31.7. The van der Waals surface area contributed by atoms with Crippen LogP contribution in [-0.2, 0) is 5.41 Å². The number of benzene rings is 1. The first-order valence-electron chi connectivity index (χ1n) is 4.54. The van der Waals surface area contributed by atoms with Gasteiger partial charge in [-0.15, -0.1) is 12.4 Å². The minimum Gasteiger partial charge on any atom is -0.327 e. The fourth-order valence-corrected chi connectivity index (χ4v) is 1.92. The summed E-state index contributed by atoms with van der Waals surface area (Å²) in [5.41, 5.74) is 7.63. The van der Waals surface area contributed by atoms with E-state index in [-0.39, 0.29) is 17.8 Å². The van der Waals surface area contributed by atoms with Crippen molar-refractivity contribution in [2.75, 3.05) is 0 Å². The Kier molecular flexibility index (Phi) is 2.99. The molecule has 1 aromatic carbocycles. The third-order valence-corrected chi connectivity index (χ3v) is 3.23. The van der Waals surface area contributed by atoms with E-state index >= 15 is 0 Å². The Hall–Kier alpha value is -0.530. The van der Waals surface area contributed by atoms with Gasteiger partial charge in [0.1, 0.15) is 0 Å². The molecule has 0 bridgehead atoms. The van der Waals surface area contributed by atoms with Crippen LogP contribution in [0.2, 0.25) is 0 Å². The highest BCUT2D eigenvalue weighted by Gasteiger charge is 2.41. The number of rotatable bonds is 1. The van der Waals surface area contributed by atoms with Crippen LogP contribution < -0.4 is 5.73 Å². The highest BCUT2D eigenvalue weighted by atomic mass is 35.5. The van der Waals surface area contributed by atoms with E-state index in [0.717, 1.165) is 0 Å². The van der Waals surface area contributed by atoms with Crippen LogP contribution >= 0.6 is 12.4 Å². The second-order valence-electron chi connectivity index (χ2n) is 3.93. The first kappa shape index (κ1) is 10.6. The van der Waals surface area contributed by atoms with Crippen LogP contribution in [0.1, 0.15) is 25.3 Å². The van der Waals surface area contributed by atoms with Gasteiger partial charge < -0.3 is 5.73 Å². The molecular weight excluding hydrogens is 182 g/mol. The summed E-state index contributed by atoms with van der Waals surface area (Å²) in [6.07, 6.45) is 2.41. The lowest BCUT2D eigenvalue weighted by Gasteiger charge is -2.45. The van der Waals surface area contributed by atoms with Crippen molar-refractivity contribution in [3.63, 3.8) is 0 Å². The molecule has 2 heteroatoms. The van der Waals surface area contributed by atoms with Crippen molar-refractivity contribution in [2.24, 2.45) is 5.73 Å². The molecule has 72 valence electrons. The lowest BCUT2D eigenvalue weighted by Crippen LogP contribution is -2.51. The smallest absolute Gasteiger partial charge is 0.0134 e. The van der Waals surface area contributed by atoms with E-state index in [1.54, 1.807) is 0 Å². The van der Waals surface area contributed by atoms with Gasteiger partial charge in [0, 0.05) is 11.5 Å². The molecule has 1 aromatic rings. The van der Waals surface area contributed by atoms with Crippen molar-refractivity contribution < 1.29 is 0 Å². The Morgan fingerprint density at radius 3 is 2.31 bits per heavy atom. The lowest BCUT2D eigenvalue weighted by molar-refractivity contribution is 0.217. The molecule has 0 aromatic heterocycles. The van der Waals surface area contributed by atoms with Crippen molar-refractivity contribution in [2.45, 2.75) is 31.2 Å². The van der Waals surface area contributed by atoms with Gasteiger partial charge in [-0.3, -0.25) is 0 Å². The van der Waals surface area contributed by atoms with Crippen molar-refractivity contribution in [3.05, 3.63) is 35.9 Å². The molecular formula is C11H16ClN. The molecule has 0 radical (unpaired) electrons. The Bertz CT molecular complexity index is 273. The molecule has 1 saturated carbocycles. The second kappa shape index (κ2) is 3.69. The maximum absolute atomic E-state index is 5.99. The van der Waals surface area contributed by atoms with Crippen LogP contribution in [0.4, 0.5) is 0 Å². The SMILES string of the molecule is CC1(c2ccccc2)CCC1N.Cl. The van der Waals surface area contributed by atoms with E-state index in [1.807, 2.05) is 0 Å². The van der Waals surface area contributed by atoms with Crippen LogP contribution in [0.3, 0.4) is 0 Å². The van der Waals surface area contributed by atoms with E-state index in [9.17, 15) is 0 Å². The van der Waals surface area contributed by atoms with Gasteiger partial charge in [0.05, 0.1) is 0 Å². The van der Waals surface area contributed by atoms with Gasteiger partial charge in [0.2, 0.25) is 0 Å². The fourth-order valence-electron chi connectivity index (χ4n) is 1.92. The monoisotopic (exact) mass is 197 g/mol. The molecule has 1 nitrogen and oxygen atoms in total. The molecule has 1 fully saturated rings. The lowest BCUT2D eigenvalue weighted by atomic mass is 9.62. The summed E-state index contributed by atoms with van der Waals surface area (Å²) in [6, 6.07) is 11.0. The predicted octanol–water partition coefficient (Wildman–Crippen LogP) is 2.49. The topological polar surface area (TPSA) is 26.0 Å².